The maximum absolute atomic E-state index is 13.9. The molecule has 0 saturated carbocycles. The summed E-state index contributed by atoms with van der Waals surface area (Å²) in [6.45, 7) is 11.3. The number of aliphatic imine (C=N–C) groups is 1. The quantitative estimate of drug-likeness (QED) is 0.293. The molecule has 172 valence electrons. The average Bonchev–Trinajstić information content (AvgIpc) is 3.06. The summed E-state index contributed by atoms with van der Waals surface area (Å²) in [6.07, 6.45) is 0.862. The van der Waals surface area contributed by atoms with Crippen LogP contribution in [0, 0.1) is 19.7 Å². The van der Waals surface area contributed by atoms with Gasteiger partial charge in [0, 0.05) is 37.5 Å². The molecule has 0 spiro atoms. The van der Waals surface area contributed by atoms with Crippen molar-refractivity contribution in [1.82, 2.24) is 20.5 Å². The summed E-state index contributed by atoms with van der Waals surface area (Å²) in [7, 11) is 0. The van der Waals surface area contributed by atoms with Crippen LogP contribution in [0.4, 0.5) is 4.39 Å². The molecule has 1 saturated heterocycles. The van der Waals surface area contributed by atoms with Gasteiger partial charge in [0.05, 0.1) is 36.5 Å². The molecule has 0 aliphatic carbocycles. The molecule has 1 aliphatic heterocycles. The number of aryl methyl sites for hydroxylation is 2. The van der Waals surface area contributed by atoms with Gasteiger partial charge in [0.2, 0.25) is 0 Å². The number of halogens is 2. The molecular weight excluding hydrogens is 528 g/mol. The second-order valence-corrected chi connectivity index (χ2v) is 8.65. The van der Waals surface area contributed by atoms with Crippen molar-refractivity contribution in [3.8, 4) is 0 Å². The Hall–Kier alpha value is -1.30. The third kappa shape index (κ3) is 7.96. The summed E-state index contributed by atoms with van der Waals surface area (Å²) in [5.74, 6) is 0.561. The Bertz CT molecular complexity index is 822. The molecule has 1 unspecified atom stereocenters. The van der Waals surface area contributed by atoms with Crippen molar-refractivity contribution in [3.05, 3.63) is 51.2 Å². The molecule has 1 aliphatic rings. The highest BCUT2D eigenvalue weighted by Gasteiger charge is 2.23. The second kappa shape index (κ2) is 13.3. The molecule has 2 aromatic rings. The lowest BCUT2D eigenvalue weighted by atomic mass is 10.0. The van der Waals surface area contributed by atoms with Gasteiger partial charge in [-0.3, -0.25) is 9.89 Å². The molecular formula is C22H33FIN5OS. The maximum Gasteiger partial charge on any atom is 0.191 e. The lowest BCUT2D eigenvalue weighted by Gasteiger charge is -2.34. The van der Waals surface area contributed by atoms with Crippen LogP contribution in [0.5, 0.6) is 0 Å². The first-order valence-corrected chi connectivity index (χ1v) is 11.4. The van der Waals surface area contributed by atoms with Gasteiger partial charge in [-0.1, -0.05) is 12.1 Å². The summed E-state index contributed by atoms with van der Waals surface area (Å²) >= 11 is 1.75. The average molecular weight is 562 g/mol. The molecule has 31 heavy (non-hydrogen) atoms. The molecule has 9 heteroatoms. The lowest BCUT2D eigenvalue weighted by molar-refractivity contribution is 0.0179. The number of hydrogen-bond donors (Lipinski definition) is 2. The second-order valence-electron chi connectivity index (χ2n) is 7.36. The van der Waals surface area contributed by atoms with Gasteiger partial charge in [-0.2, -0.15) is 0 Å². The van der Waals surface area contributed by atoms with E-state index in [0.717, 1.165) is 54.8 Å². The predicted octanol–water partition coefficient (Wildman–Crippen LogP) is 3.69. The number of ether oxygens (including phenoxy) is 1. The van der Waals surface area contributed by atoms with Crippen LogP contribution in [-0.4, -0.2) is 61.8 Å². The topological polar surface area (TPSA) is 61.8 Å². The largest absolute Gasteiger partial charge is 0.379 e. The van der Waals surface area contributed by atoms with Crippen LogP contribution in [0.3, 0.4) is 0 Å². The molecule has 2 heterocycles. The Kier molecular flexibility index (Phi) is 11.1. The van der Waals surface area contributed by atoms with Crippen LogP contribution < -0.4 is 10.6 Å². The van der Waals surface area contributed by atoms with E-state index in [0.29, 0.717) is 19.8 Å². The molecule has 2 N–H and O–H groups in total. The molecule has 6 nitrogen and oxygen atoms in total. The first-order valence-electron chi connectivity index (χ1n) is 10.6. The summed E-state index contributed by atoms with van der Waals surface area (Å²) in [5.41, 5.74) is 2.06. The minimum absolute atomic E-state index is 0. The van der Waals surface area contributed by atoms with Crippen molar-refractivity contribution in [3.63, 3.8) is 0 Å². The van der Waals surface area contributed by atoms with Crippen LogP contribution in [0.15, 0.2) is 29.3 Å². The van der Waals surface area contributed by atoms with Crippen molar-refractivity contribution in [2.45, 2.75) is 33.2 Å². The third-order valence-electron chi connectivity index (χ3n) is 5.19. The van der Waals surface area contributed by atoms with Crippen LogP contribution in [0.25, 0.3) is 0 Å². The Balaban J connectivity index is 0.00000341. The lowest BCUT2D eigenvalue weighted by Crippen LogP contribution is -2.42. The number of nitrogens with zero attached hydrogens (tertiary/aromatic N) is 3. The van der Waals surface area contributed by atoms with E-state index in [2.05, 4.69) is 34.4 Å². The highest BCUT2D eigenvalue weighted by atomic mass is 127. The molecule has 1 atom stereocenters. The summed E-state index contributed by atoms with van der Waals surface area (Å²) in [4.78, 5) is 13.0. The predicted molar refractivity (Wildman–Crippen MR) is 136 cm³/mol. The minimum Gasteiger partial charge on any atom is -0.379 e. The first-order chi connectivity index (χ1) is 14.6. The van der Waals surface area contributed by atoms with Crippen molar-refractivity contribution >= 4 is 41.3 Å². The summed E-state index contributed by atoms with van der Waals surface area (Å²) in [5, 5.41) is 7.86. The zero-order valence-corrected chi connectivity index (χ0v) is 21.6. The first kappa shape index (κ1) is 26.0. The molecule has 0 radical (unpaired) electrons. The smallest absolute Gasteiger partial charge is 0.191 e. The number of guanidine groups is 1. The van der Waals surface area contributed by atoms with E-state index in [1.807, 2.05) is 13.0 Å². The van der Waals surface area contributed by atoms with E-state index >= 15 is 0 Å². The number of thiazole rings is 1. The third-order valence-corrected chi connectivity index (χ3v) is 6.32. The fourth-order valence-electron chi connectivity index (χ4n) is 3.49. The summed E-state index contributed by atoms with van der Waals surface area (Å²) < 4.78 is 19.4. The van der Waals surface area contributed by atoms with E-state index in [1.165, 1.54) is 10.9 Å². The number of morpholine rings is 1. The van der Waals surface area contributed by atoms with E-state index in [9.17, 15) is 4.39 Å². The van der Waals surface area contributed by atoms with Crippen molar-refractivity contribution in [2.75, 3.05) is 45.9 Å². The number of hydrogen-bond acceptors (Lipinski definition) is 5. The number of rotatable bonds is 8. The van der Waals surface area contributed by atoms with Crippen LogP contribution in [0.2, 0.25) is 0 Å². The van der Waals surface area contributed by atoms with Gasteiger partial charge in [-0.15, -0.1) is 35.3 Å². The number of benzene rings is 1. The molecule has 1 aromatic heterocycles. The minimum atomic E-state index is -0.214. The Morgan fingerprint density at radius 2 is 2.06 bits per heavy atom. The SMILES string of the molecule is CCNC(=NCC(c1cccc(F)c1)N1CCOCC1)NCCc1nc(C)c(C)s1.I. The normalized spacial score (nSPS) is 15.9. The van der Waals surface area contributed by atoms with Gasteiger partial charge < -0.3 is 15.4 Å². The van der Waals surface area contributed by atoms with Gasteiger partial charge in [-0.05, 0) is 38.5 Å². The van der Waals surface area contributed by atoms with Gasteiger partial charge in [-0.25, -0.2) is 9.37 Å². The van der Waals surface area contributed by atoms with Crippen LogP contribution in [-0.2, 0) is 11.2 Å². The zero-order chi connectivity index (χ0) is 21.3. The van der Waals surface area contributed by atoms with E-state index in [-0.39, 0.29) is 35.8 Å². The Morgan fingerprint density at radius 3 is 2.71 bits per heavy atom. The highest BCUT2D eigenvalue weighted by molar-refractivity contribution is 14.0. The Labute approximate surface area is 205 Å². The number of nitrogens with one attached hydrogen (secondary N) is 2. The monoisotopic (exact) mass is 561 g/mol. The zero-order valence-electron chi connectivity index (χ0n) is 18.5. The molecule has 3 rings (SSSR count). The molecule has 0 bridgehead atoms. The van der Waals surface area contributed by atoms with Crippen molar-refractivity contribution < 1.29 is 9.13 Å². The van der Waals surface area contributed by atoms with Gasteiger partial charge in [0.25, 0.3) is 0 Å². The van der Waals surface area contributed by atoms with Crippen LogP contribution in [0.1, 0.15) is 34.1 Å². The highest BCUT2D eigenvalue weighted by Crippen LogP contribution is 2.23. The van der Waals surface area contributed by atoms with E-state index in [1.54, 1.807) is 23.5 Å². The van der Waals surface area contributed by atoms with Crippen molar-refractivity contribution in [1.29, 1.82) is 0 Å². The van der Waals surface area contributed by atoms with Gasteiger partial charge in [0.15, 0.2) is 5.96 Å². The fourth-order valence-corrected chi connectivity index (χ4v) is 4.42. The molecule has 1 aromatic carbocycles. The molecule has 0 amide bonds. The van der Waals surface area contributed by atoms with Crippen LogP contribution >= 0.6 is 35.3 Å². The fraction of sp³-hybridized carbons (Fsp3) is 0.545. The maximum atomic E-state index is 13.9. The molecule has 1 fully saturated rings. The number of aromatic nitrogens is 1. The summed E-state index contributed by atoms with van der Waals surface area (Å²) in [6, 6.07) is 6.86. The van der Waals surface area contributed by atoms with Crippen molar-refractivity contribution in [2.24, 2.45) is 4.99 Å². The van der Waals surface area contributed by atoms with Gasteiger partial charge >= 0.3 is 0 Å². The van der Waals surface area contributed by atoms with E-state index in [4.69, 9.17) is 9.73 Å². The Morgan fingerprint density at radius 1 is 1.29 bits per heavy atom. The van der Waals surface area contributed by atoms with Gasteiger partial charge in [0.1, 0.15) is 5.82 Å². The van der Waals surface area contributed by atoms with E-state index < -0.39 is 0 Å². The standard InChI is InChI=1S/C22H32FN5OS.HI/c1-4-24-22(25-9-8-21-27-16(2)17(3)30-21)26-15-20(28-10-12-29-13-11-28)18-6-5-7-19(23)14-18;/h5-7,14,20H,4,8-13,15H2,1-3H3,(H2,24,25,26);1H.